The Balaban J connectivity index is 1.93. The summed E-state index contributed by atoms with van der Waals surface area (Å²) in [5.74, 6) is -4.03. The Morgan fingerprint density at radius 1 is 0.906 bits per heavy atom. The molecule has 9 heteroatoms. The first-order valence-electron chi connectivity index (χ1n) is 11.2. The molecule has 1 amide bonds. The topological polar surface area (TPSA) is 117 Å². The summed E-state index contributed by atoms with van der Waals surface area (Å²) >= 11 is 0. The molecule has 0 aromatic heterocycles. The number of fused-ring (bicyclic) bond motifs is 2. The number of hydrogen-bond donors (Lipinski definition) is 1. The van der Waals surface area contributed by atoms with Gasteiger partial charge in [-0.1, -0.05) is 20.8 Å². The van der Waals surface area contributed by atoms with Crippen molar-refractivity contribution in [2.75, 3.05) is 6.61 Å². The number of hydrogen-bond acceptors (Lipinski definition) is 8. The number of carbonyl (C=O) groups excluding carboxylic acids is 4. The van der Waals surface area contributed by atoms with Crippen molar-refractivity contribution in [1.82, 2.24) is 5.32 Å². The van der Waals surface area contributed by atoms with E-state index in [0.29, 0.717) is 0 Å². The number of ether oxygens (including phenoxy) is 4. The van der Waals surface area contributed by atoms with Gasteiger partial charge in [0.1, 0.15) is 11.6 Å². The molecule has 3 aliphatic carbocycles. The summed E-state index contributed by atoms with van der Waals surface area (Å²) in [5, 5.41) is 3.04. The minimum Gasteiger partial charge on any atom is -0.460 e. The highest BCUT2D eigenvalue weighted by Gasteiger charge is 2.90. The monoisotopic (exact) mass is 451 g/mol. The molecular weight excluding hydrogens is 418 g/mol. The Bertz CT molecular complexity index is 885. The molecule has 1 heterocycles. The van der Waals surface area contributed by atoms with Crippen LogP contribution < -0.4 is 5.32 Å². The van der Waals surface area contributed by atoms with Gasteiger partial charge in [0.15, 0.2) is 6.10 Å². The largest absolute Gasteiger partial charge is 0.460 e. The summed E-state index contributed by atoms with van der Waals surface area (Å²) in [6.07, 6.45) is 0.0835. The van der Waals surface area contributed by atoms with Crippen molar-refractivity contribution >= 4 is 23.8 Å². The van der Waals surface area contributed by atoms with Crippen molar-refractivity contribution in [2.45, 2.75) is 84.8 Å². The van der Waals surface area contributed by atoms with E-state index < -0.39 is 52.8 Å². The molecule has 1 N–H and O–H groups in total. The number of esters is 3. The number of nitrogens with one attached hydrogen (secondary N) is 1. The molecule has 0 bridgehead atoms. The number of carbonyl (C=O) groups is 4. The van der Waals surface area contributed by atoms with Crippen LogP contribution in [-0.4, -0.2) is 54.0 Å². The zero-order valence-corrected chi connectivity index (χ0v) is 19.8. The van der Waals surface area contributed by atoms with E-state index in [-0.39, 0.29) is 29.8 Å². The minimum absolute atomic E-state index is 0.00321. The fourth-order valence-corrected chi connectivity index (χ4v) is 7.73. The normalized spacial score (nSPS) is 45.0. The van der Waals surface area contributed by atoms with Crippen LogP contribution >= 0.6 is 0 Å². The van der Waals surface area contributed by atoms with Gasteiger partial charge in [-0.2, -0.15) is 0 Å². The van der Waals surface area contributed by atoms with Gasteiger partial charge < -0.3 is 24.3 Å². The maximum Gasteiger partial charge on any atom is 0.305 e. The summed E-state index contributed by atoms with van der Waals surface area (Å²) in [7, 11) is 0. The van der Waals surface area contributed by atoms with Gasteiger partial charge in [0.25, 0.3) is 5.79 Å². The molecule has 0 unspecified atom stereocenters. The Morgan fingerprint density at radius 2 is 1.53 bits per heavy atom. The van der Waals surface area contributed by atoms with E-state index in [0.717, 1.165) is 12.8 Å². The van der Waals surface area contributed by atoms with Gasteiger partial charge in [0.05, 0.1) is 12.5 Å². The Labute approximate surface area is 187 Å². The van der Waals surface area contributed by atoms with E-state index in [1.165, 1.54) is 27.7 Å². The summed E-state index contributed by atoms with van der Waals surface area (Å²) in [6, 6.07) is 0. The molecule has 0 radical (unpaired) electrons. The fraction of sp³-hybridized carbons (Fsp3) is 0.826. The maximum atomic E-state index is 12.4. The van der Waals surface area contributed by atoms with Crippen LogP contribution in [0.4, 0.5) is 0 Å². The lowest BCUT2D eigenvalue weighted by molar-refractivity contribution is -0.391. The summed E-state index contributed by atoms with van der Waals surface area (Å²) in [5.41, 5.74) is -1.82. The van der Waals surface area contributed by atoms with Gasteiger partial charge in [0.2, 0.25) is 5.91 Å². The van der Waals surface area contributed by atoms with Crippen molar-refractivity contribution < 1.29 is 38.1 Å². The molecule has 178 valence electrons. The predicted molar refractivity (Wildman–Crippen MR) is 110 cm³/mol. The summed E-state index contributed by atoms with van der Waals surface area (Å²) in [6.45, 7) is 11.6. The molecule has 0 aromatic rings. The quantitative estimate of drug-likeness (QED) is 0.507. The van der Waals surface area contributed by atoms with Gasteiger partial charge in [0, 0.05) is 39.0 Å². The van der Waals surface area contributed by atoms with Gasteiger partial charge >= 0.3 is 17.9 Å². The smallest absolute Gasteiger partial charge is 0.305 e. The molecule has 0 aromatic carbocycles. The molecule has 32 heavy (non-hydrogen) atoms. The summed E-state index contributed by atoms with van der Waals surface area (Å²) in [4.78, 5) is 48.8. The Morgan fingerprint density at radius 3 is 2.06 bits per heavy atom. The first kappa shape index (κ1) is 23.0. The molecule has 9 nitrogen and oxygen atoms in total. The Kier molecular flexibility index (Phi) is 4.98. The molecule has 1 saturated heterocycles. The fourth-order valence-electron chi connectivity index (χ4n) is 7.73. The highest BCUT2D eigenvalue weighted by atomic mass is 16.8. The zero-order chi connectivity index (χ0) is 23.9. The molecule has 4 aliphatic rings. The first-order valence-corrected chi connectivity index (χ1v) is 11.2. The van der Waals surface area contributed by atoms with Crippen LogP contribution in [0.5, 0.6) is 0 Å². The van der Waals surface area contributed by atoms with E-state index in [9.17, 15) is 19.2 Å². The standard InChI is InChI=1S/C23H33NO8/c1-11(25)24-22-10-29-23(32-14(4)28)18(22)21(7,19(23)31-13(3)27)16-9-20(5,6)8-15(16)17(22)30-12(2)26/h15-19H,8-10H2,1-7H3,(H,24,25)/t15-,16+,17+,18-,19+,21-,22-,23-/m1/s1. The molecule has 3 saturated carbocycles. The average molecular weight is 452 g/mol. The predicted octanol–water partition coefficient (Wildman–Crippen LogP) is 1.72. The Hall–Kier alpha value is -2.16. The van der Waals surface area contributed by atoms with Crippen LogP contribution in [0.25, 0.3) is 0 Å². The second-order valence-electron chi connectivity index (χ2n) is 11.0. The van der Waals surface area contributed by atoms with Crippen LogP contribution in [0.2, 0.25) is 0 Å². The molecule has 1 aliphatic heterocycles. The third-order valence-corrected chi connectivity index (χ3v) is 8.07. The van der Waals surface area contributed by atoms with Crippen LogP contribution in [0.1, 0.15) is 61.3 Å². The zero-order valence-electron chi connectivity index (χ0n) is 19.8. The van der Waals surface area contributed by atoms with Crippen molar-refractivity contribution in [3.8, 4) is 0 Å². The lowest BCUT2D eigenvalue weighted by atomic mass is 9.39. The van der Waals surface area contributed by atoms with Gasteiger partial charge in [-0.3, -0.25) is 19.2 Å². The highest BCUT2D eigenvalue weighted by Crippen LogP contribution is 2.76. The molecule has 0 spiro atoms. The molecule has 4 fully saturated rings. The van der Waals surface area contributed by atoms with Crippen molar-refractivity contribution in [3.63, 3.8) is 0 Å². The SMILES string of the molecule is CC(=O)N[C@@]12CO[C@]3(OC(C)=O)[C@@H](OC(C)=O)[C@@](C)([C@H]13)[C@H]1CC(C)(C)C[C@H]1[C@@H]2OC(C)=O. The number of rotatable bonds is 4. The van der Waals surface area contributed by atoms with E-state index in [4.69, 9.17) is 18.9 Å². The van der Waals surface area contributed by atoms with E-state index in [1.54, 1.807) is 0 Å². The van der Waals surface area contributed by atoms with Crippen LogP contribution in [-0.2, 0) is 38.1 Å². The lowest BCUT2D eigenvalue weighted by Gasteiger charge is -2.70. The van der Waals surface area contributed by atoms with Crippen molar-refractivity contribution in [1.29, 1.82) is 0 Å². The van der Waals surface area contributed by atoms with E-state index in [1.807, 2.05) is 6.92 Å². The van der Waals surface area contributed by atoms with Crippen LogP contribution in [0.3, 0.4) is 0 Å². The van der Waals surface area contributed by atoms with Gasteiger partial charge in [-0.15, -0.1) is 0 Å². The lowest BCUT2D eigenvalue weighted by Crippen LogP contribution is -2.85. The molecule has 8 atom stereocenters. The number of amides is 1. The van der Waals surface area contributed by atoms with Crippen molar-refractivity contribution in [3.05, 3.63) is 0 Å². The molecular formula is C23H33NO8. The van der Waals surface area contributed by atoms with E-state index in [2.05, 4.69) is 19.2 Å². The minimum atomic E-state index is -1.55. The summed E-state index contributed by atoms with van der Waals surface area (Å²) < 4.78 is 23.6. The van der Waals surface area contributed by atoms with Crippen LogP contribution in [0, 0.1) is 28.6 Å². The van der Waals surface area contributed by atoms with Gasteiger partial charge in [-0.25, -0.2) is 0 Å². The van der Waals surface area contributed by atoms with Gasteiger partial charge in [-0.05, 0) is 24.2 Å². The second kappa shape index (κ2) is 6.92. The van der Waals surface area contributed by atoms with Crippen LogP contribution in [0.15, 0.2) is 0 Å². The average Bonchev–Trinajstić information content (AvgIpc) is 3.10. The third kappa shape index (κ3) is 2.92. The first-order chi connectivity index (χ1) is 14.7. The third-order valence-electron chi connectivity index (χ3n) is 8.07. The maximum absolute atomic E-state index is 12.4. The van der Waals surface area contributed by atoms with E-state index >= 15 is 0 Å². The highest BCUT2D eigenvalue weighted by molar-refractivity contribution is 5.75. The van der Waals surface area contributed by atoms with Crippen molar-refractivity contribution in [2.24, 2.45) is 28.6 Å². The second-order valence-corrected chi connectivity index (χ2v) is 11.0. The molecule has 4 rings (SSSR count).